The van der Waals surface area contributed by atoms with Crippen LogP contribution in [0.1, 0.15) is 5.56 Å². The topological polar surface area (TPSA) is 0 Å². The lowest BCUT2D eigenvalue weighted by molar-refractivity contribution is 0.489. The number of hydrogen-bond donors (Lipinski definition) is 0. The summed E-state index contributed by atoms with van der Waals surface area (Å²) >= 11 is -0.0261. The summed E-state index contributed by atoms with van der Waals surface area (Å²) in [5.74, 6) is 0. The third-order valence-corrected chi connectivity index (χ3v) is 4.16. The van der Waals surface area contributed by atoms with E-state index < -0.39 is 11.9 Å². The minimum atomic E-state index is -7.98. The molecule has 0 aromatic heterocycles. The highest BCUT2D eigenvalue weighted by Gasteiger charge is 2.61. The van der Waals surface area contributed by atoms with Gasteiger partial charge in [0, 0.05) is 0 Å². The van der Waals surface area contributed by atoms with Crippen molar-refractivity contribution in [2.75, 3.05) is 0 Å². The smallest absolute Gasteiger partial charge is 0.112 e. The van der Waals surface area contributed by atoms with Crippen molar-refractivity contribution >= 4 is 28.2 Å². The van der Waals surface area contributed by atoms with Crippen LogP contribution in [0.2, 0.25) is 0 Å². The van der Waals surface area contributed by atoms with Crippen LogP contribution < -0.4 is 0 Å². The first kappa shape index (κ1) is 11.1. The van der Waals surface area contributed by atoms with Crippen molar-refractivity contribution in [2.45, 2.75) is 11.8 Å². The highest BCUT2D eigenvalue weighted by atomic mass is 127. The molecule has 0 amide bonds. The molecule has 0 aliphatic carbocycles. The van der Waals surface area contributed by atoms with E-state index in [1.54, 1.807) is 6.92 Å². The van der Waals surface area contributed by atoms with Gasteiger partial charge in [-0.3, -0.25) is 0 Å². The maximum atomic E-state index is 12.7. The zero-order valence-corrected chi connectivity index (χ0v) is 9.58. The summed E-state index contributed by atoms with van der Waals surface area (Å²) in [4.78, 5) is -1.19. The van der Waals surface area contributed by atoms with Gasteiger partial charge < -0.3 is 0 Å². The van der Waals surface area contributed by atoms with Crippen molar-refractivity contribution in [3.63, 3.8) is 0 Å². The molecule has 0 atom stereocenters. The van der Waals surface area contributed by atoms with Crippen LogP contribution in [-0.2, 0) is 0 Å². The molecule has 1 aromatic carbocycles. The summed E-state index contributed by atoms with van der Waals surface area (Å²) < 4.78 is 50.9. The van der Waals surface area contributed by atoms with Gasteiger partial charge >= 0.3 is 0 Å². The van der Waals surface area contributed by atoms with E-state index in [-0.39, 0.29) is 21.2 Å². The fraction of sp³-hybridized carbons (Fsp3) is 0.143. The Kier molecular flexibility index (Phi) is 1.99. The van der Waals surface area contributed by atoms with Gasteiger partial charge in [0.2, 0.25) is 7.01 Å². The second-order valence-corrected chi connectivity index (χ2v) is 10.5. The average molecular weight is 326 g/mol. The van der Waals surface area contributed by atoms with Crippen LogP contribution in [0, 0.1) is 6.92 Å². The van der Waals surface area contributed by atoms with Gasteiger partial charge in [0.05, 0.1) is 26.1 Å². The highest BCUT2D eigenvalue weighted by molar-refractivity contribution is 14.2. The number of aryl methyl sites for hydroxylation is 1. The van der Waals surface area contributed by atoms with Gasteiger partial charge in [-0.05, 0) is 19.1 Å². The van der Waals surface area contributed by atoms with E-state index in [0.717, 1.165) is 12.1 Å². The number of hydrogen-bond acceptors (Lipinski definition) is 0. The molecule has 0 fully saturated rings. The van der Waals surface area contributed by atoms with Gasteiger partial charge in [0.25, 0.3) is 0 Å². The minimum Gasteiger partial charge on any atom is -0.112 e. The van der Waals surface area contributed by atoms with Gasteiger partial charge in [-0.1, -0.05) is 17.7 Å². The Morgan fingerprint density at radius 1 is 1.00 bits per heavy atom. The van der Waals surface area contributed by atoms with E-state index in [1.165, 1.54) is 12.1 Å². The maximum absolute atomic E-state index is 12.7. The second-order valence-electron chi connectivity index (χ2n) is 2.78. The van der Waals surface area contributed by atoms with E-state index in [0.29, 0.717) is 5.56 Å². The summed E-state index contributed by atoms with van der Waals surface area (Å²) in [5, 5.41) is 0. The quantitative estimate of drug-likeness (QED) is 0.496. The number of benzene rings is 1. The van der Waals surface area contributed by atoms with E-state index in [1.807, 2.05) is 0 Å². The molecule has 1 aromatic rings. The fourth-order valence-corrected chi connectivity index (χ4v) is 2.33. The Morgan fingerprint density at radius 3 is 1.69 bits per heavy atom. The lowest BCUT2D eigenvalue weighted by Crippen LogP contribution is -2.02. The molecule has 13 heavy (non-hydrogen) atoms. The first-order valence-corrected chi connectivity index (χ1v) is 7.89. The van der Waals surface area contributed by atoms with Crippen LogP contribution in [0.15, 0.2) is 29.2 Å². The summed E-state index contributed by atoms with van der Waals surface area (Å²) in [5.41, 5.74) is 0.669. The average Bonchev–Trinajstić information content (AvgIpc) is 1.82. The molecule has 76 valence electrons. The van der Waals surface area contributed by atoms with Gasteiger partial charge in [-0.25, -0.2) is 0 Å². The summed E-state index contributed by atoms with van der Waals surface area (Å²) in [6, 6.07) is 4.02. The van der Waals surface area contributed by atoms with Crippen LogP contribution in [0.25, 0.3) is 0 Å². The largest absolute Gasteiger partial charge is 0.228 e. The Morgan fingerprint density at radius 2 is 1.38 bits per heavy atom. The van der Waals surface area contributed by atoms with Crippen LogP contribution in [0.3, 0.4) is 0 Å². The highest BCUT2D eigenvalue weighted by Crippen LogP contribution is 3.06. The first-order valence-electron chi connectivity index (χ1n) is 3.30. The lowest BCUT2D eigenvalue weighted by Gasteiger charge is -2.43. The van der Waals surface area contributed by atoms with Crippen molar-refractivity contribution in [3.05, 3.63) is 29.8 Å². The molecule has 0 N–H and O–H groups in total. The zero-order chi connectivity index (χ0) is 10.4. The SMILES string of the molecule is Cc1ccc(S(F)(F)(F)(F)I)cc1. The standard InChI is InChI=1S/C7H7F4IS/c1-6-2-4-7(5-3-6)13(8,9,10,11)12/h2-5H,1H3. The maximum Gasteiger partial charge on any atom is 0.228 e. The Hall–Kier alpha value is 0.0200. The molecule has 0 bridgehead atoms. The third-order valence-electron chi connectivity index (χ3n) is 1.47. The molecule has 0 saturated carbocycles. The van der Waals surface area contributed by atoms with Crippen LogP contribution in [0.5, 0.6) is 0 Å². The van der Waals surface area contributed by atoms with E-state index >= 15 is 0 Å². The van der Waals surface area contributed by atoms with Crippen LogP contribution in [0.4, 0.5) is 15.5 Å². The summed E-state index contributed by atoms with van der Waals surface area (Å²) in [7, 11) is -7.98. The molecule has 0 aliphatic rings. The molecule has 0 heterocycles. The van der Waals surface area contributed by atoms with Crippen LogP contribution >= 0.6 is 28.2 Å². The lowest BCUT2D eigenvalue weighted by atomic mass is 10.2. The van der Waals surface area contributed by atoms with Crippen LogP contribution in [-0.4, -0.2) is 0 Å². The molecule has 0 nitrogen and oxygen atoms in total. The normalized spacial score (nSPS) is 17.7. The van der Waals surface area contributed by atoms with Crippen molar-refractivity contribution in [1.82, 2.24) is 0 Å². The van der Waals surface area contributed by atoms with Gasteiger partial charge in [0.1, 0.15) is 0 Å². The Bertz CT molecular complexity index is 324. The third kappa shape index (κ3) is 3.01. The first-order chi connectivity index (χ1) is 5.49. The van der Waals surface area contributed by atoms with Crippen molar-refractivity contribution < 1.29 is 15.5 Å². The van der Waals surface area contributed by atoms with Crippen molar-refractivity contribution in [2.24, 2.45) is 0 Å². The molecule has 6 heteroatoms. The predicted octanol–water partition coefficient (Wildman–Crippen LogP) is 5.12. The Labute approximate surface area is 85.3 Å². The zero-order valence-electron chi connectivity index (χ0n) is 6.61. The van der Waals surface area contributed by atoms with Gasteiger partial charge in [-0.15, -0.1) is 15.5 Å². The second kappa shape index (κ2) is 2.33. The molecule has 0 aliphatic heterocycles. The van der Waals surface area contributed by atoms with E-state index in [2.05, 4.69) is 0 Å². The molecule has 0 spiro atoms. The fourth-order valence-electron chi connectivity index (χ4n) is 0.795. The van der Waals surface area contributed by atoms with Crippen molar-refractivity contribution in [1.29, 1.82) is 0 Å². The van der Waals surface area contributed by atoms with E-state index in [9.17, 15) is 15.5 Å². The monoisotopic (exact) mass is 326 g/mol. The molecule has 1 rings (SSSR count). The van der Waals surface area contributed by atoms with Gasteiger partial charge in [0.15, 0.2) is 0 Å². The number of halogens is 5. The van der Waals surface area contributed by atoms with E-state index in [4.69, 9.17) is 0 Å². The molecule has 0 saturated heterocycles. The summed E-state index contributed by atoms with van der Waals surface area (Å²) in [6.45, 7) is 1.64. The van der Waals surface area contributed by atoms with Crippen molar-refractivity contribution in [3.8, 4) is 0 Å². The molecule has 0 radical (unpaired) electrons. The summed E-state index contributed by atoms with van der Waals surface area (Å²) in [6.07, 6.45) is 0. The molecular formula is C7H7F4IS. The predicted molar refractivity (Wildman–Crippen MR) is 55.5 cm³/mol. The molecular weight excluding hydrogens is 319 g/mol. The Balaban J connectivity index is 3.34. The number of rotatable bonds is 1. The van der Waals surface area contributed by atoms with Gasteiger partial charge in [-0.2, -0.15) is 0 Å². The minimum absolute atomic E-state index is 0.0261. The molecule has 0 unspecified atom stereocenters.